The predicted molar refractivity (Wildman–Crippen MR) is 111 cm³/mol. The van der Waals surface area contributed by atoms with Crippen molar-refractivity contribution in [2.45, 2.75) is 52.2 Å². The topological polar surface area (TPSA) is 80.3 Å². The first-order chi connectivity index (χ1) is 13.6. The number of nitrogens with zero attached hydrogens (tertiary/aromatic N) is 1. The van der Waals surface area contributed by atoms with Gasteiger partial charge < -0.3 is 15.4 Å². The molecule has 152 valence electrons. The molecule has 1 aromatic carbocycles. The Labute approximate surface area is 170 Å². The summed E-state index contributed by atoms with van der Waals surface area (Å²) in [6.45, 7) is 4.75. The molecule has 2 atom stereocenters. The van der Waals surface area contributed by atoms with E-state index in [9.17, 15) is 9.59 Å². The molecule has 0 aliphatic rings. The molecule has 7 heteroatoms. The van der Waals surface area contributed by atoms with Crippen LogP contribution in [0, 0.1) is 5.92 Å². The van der Waals surface area contributed by atoms with Gasteiger partial charge in [-0.05, 0) is 31.2 Å². The smallest absolute Gasteiger partial charge is 0.407 e. The molecule has 0 saturated carbocycles. The first kappa shape index (κ1) is 21.9. The molecule has 1 aromatic heterocycles. The molecule has 0 radical (unpaired) electrons. The van der Waals surface area contributed by atoms with Gasteiger partial charge in [0, 0.05) is 24.7 Å². The zero-order valence-electron chi connectivity index (χ0n) is 16.5. The molecule has 2 N–H and O–H groups in total. The van der Waals surface area contributed by atoms with E-state index in [-0.39, 0.29) is 24.5 Å². The molecule has 0 unspecified atom stereocenters. The average molecular weight is 404 g/mol. The molecular weight excluding hydrogens is 374 g/mol. The molecule has 0 aliphatic carbocycles. The summed E-state index contributed by atoms with van der Waals surface area (Å²) in [5.74, 6) is 0.110. The summed E-state index contributed by atoms with van der Waals surface area (Å²) < 4.78 is 5.30. The highest BCUT2D eigenvalue weighted by molar-refractivity contribution is 7.09. The quantitative estimate of drug-likeness (QED) is 0.557. The normalized spacial score (nSPS) is 12.8. The van der Waals surface area contributed by atoms with E-state index >= 15 is 0 Å². The van der Waals surface area contributed by atoms with Gasteiger partial charge in [-0.3, -0.25) is 9.78 Å². The van der Waals surface area contributed by atoms with E-state index in [0.717, 1.165) is 36.1 Å². The molecule has 2 amide bonds. The van der Waals surface area contributed by atoms with Gasteiger partial charge in [0.15, 0.2) is 0 Å². The largest absolute Gasteiger partial charge is 0.444 e. The number of alkyl carbamates (subject to hydrolysis) is 1. The van der Waals surface area contributed by atoms with Crippen molar-refractivity contribution in [3.8, 4) is 0 Å². The number of rotatable bonds is 11. The molecule has 1 heterocycles. The summed E-state index contributed by atoms with van der Waals surface area (Å²) in [4.78, 5) is 28.9. The van der Waals surface area contributed by atoms with E-state index in [1.54, 1.807) is 11.7 Å². The average Bonchev–Trinajstić information content (AvgIpc) is 3.23. The molecule has 0 spiro atoms. The molecule has 2 rings (SSSR count). The van der Waals surface area contributed by atoms with E-state index < -0.39 is 6.09 Å². The van der Waals surface area contributed by atoms with Gasteiger partial charge in [-0.2, -0.15) is 0 Å². The van der Waals surface area contributed by atoms with Gasteiger partial charge in [0.05, 0.1) is 10.4 Å². The molecular formula is C21H29N3O3S. The lowest BCUT2D eigenvalue weighted by Gasteiger charge is -2.19. The molecule has 6 nitrogen and oxygen atoms in total. The van der Waals surface area contributed by atoms with E-state index in [1.807, 2.05) is 44.2 Å². The lowest BCUT2D eigenvalue weighted by atomic mass is 10.0. The number of benzene rings is 1. The highest BCUT2D eigenvalue weighted by atomic mass is 32.1. The maximum Gasteiger partial charge on any atom is 0.407 e. The van der Waals surface area contributed by atoms with Gasteiger partial charge in [-0.1, -0.05) is 44.2 Å². The fourth-order valence-electron chi connectivity index (χ4n) is 2.70. The van der Waals surface area contributed by atoms with Crippen LogP contribution in [0.5, 0.6) is 0 Å². The summed E-state index contributed by atoms with van der Waals surface area (Å²) in [5.41, 5.74) is 2.86. The van der Waals surface area contributed by atoms with Crippen molar-refractivity contribution in [1.82, 2.24) is 15.6 Å². The van der Waals surface area contributed by atoms with E-state index in [0.29, 0.717) is 6.54 Å². The van der Waals surface area contributed by atoms with Crippen LogP contribution in [0.25, 0.3) is 0 Å². The Morgan fingerprint density at radius 2 is 2.04 bits per heavy atom. The van der Waals surface area contributed by atoms with Crippen LogP contribution >= 0.6 is 11.3 Å². The Morgan fingerprint density at radius 3 is 2.71 bits per heavy atom. The number of hydrogen-bond acceptors (Lipinski definition) is 5. The van der Waals surface area contributed by atoms with Crippen LogP contribution in [0.4, 0.5) is 4.79 Å². The Hall–Kier alpha value is -2.41. The molecule has 28 heavy (non-hydrogen) atoms. The molecule has 0 fully saturated rings. The second-order valence-electron chi connectivity index (χ2n) is 6.82. The summed E-state index contributed by atoms with van der Waals surface area (Å²) in [6.07, 6.45) is 4.35. The summed E-state index contributed by atoms with van der Waals surface area (Å²) in [5, 5.41) is 5.92. The number of aromatic nitrogens is 1. The summed E-state index contributed by atoms with van der Waals surface area (Å²) >= 11 is 1.45. The number of carbonyl (C=O) groups is 2. The minimum absolute atomic E-state index is 0.0277. The standard InChI is InChI=1S/C21H29N3O3S/c1-3-16(2)20(25)23-11-7-10-18(12-17-8-5-4-6-9-17)24-21(26)27-14-19-13-22-15-28-19/h4-6,8-9,13,15-16,18H,3,7,10-12,14H2,1-2H3,(H,23,25)(H,24,26)/t16-,18+/m0/s1. The highest BCUT2D eigenvalue weighted by Crippen LogP contribution is 2.10. The lowest BCUT2D eigenvalue weighted by Crippen LogP contribution is -2.38. The van der Waals surface area contributed by atoms with Crippen LogP contribution in [-0.2, 0) is 22.6 Å². The van der Waals surface area contributed by atoms with Crippen LogP contribution < -0.4 is 10.6 Å². The number of carbonyl (C=O) groups excluding carboxylic acids is 2. The Bertz CT molecular complexity index is 707. The van der Waals surface area contributed by atoms with Crippen LogP contribution in [0.15, 0.2) is 42.0 Å². The van der Waals surface area contributed by atoms with Crippen molar-refractivity contribution >= 4 is 23.3 Å². The number of hydrogen-bond donors (Lipinski definition) is 2. The van der Waals surface area contributed by atoms with Crippen molar-refractivity contribution < 1.29 is 14.3 Å². The van der Waals surface area contributed by atoms with Crippen LogP contribution in [-0.4, -0.2) is 29.6 Å². The van der Waals surface area contributed by atoms with E-state index in [2.05, 4.69) is 15.6 Å². The van der Waals surface area contributed by atoms with Crippen molar-refractivity contribution in [2.75, 3.05) is 6.54 Å². The third-order valence-corrected chi connectivity index (χ3v) is 5.32. The number of amides is 2. The zero-order chi connectivity index (χ0) is 20.2. The van der Waals surface area contributed by atoms with Crippen molar-refractivity contribution in [3.05, 3.63) is 52.5 Å². The van der Waals surface area contributed by atoms with Crippen molar-refractivity contribution in [2.24, 2.45) is 5.92 Å². The Morgan fingerprint density at radius 1 is 1.25 bits per heavy atom. The first-order valence-corrected chi connectivity index (χ1v) is 10.6. The third kappa shape index (κ3) is 8.08. The van der Waals surface area contributed by atoms with Gasteiger partial charge in [-0.15, -0.1) is 11.3 Å². The van der Waals surface area contributed by atoms with Gasteiger partial charge in [0.25, 0.3) is 0 Å². The Balaban J connectivity index is 1.82. The number of ether oxygens (including phenoxy) is 1. The highest BCUT2D eigenvalue weighted by Gasteiger charge is 2.15. The van der Waals surface area contributed by atoms with Crippen LogP contribution in [0.3, 0.4) is 0 Å². The summed E-state index contributed by atoms with van der Waals surface area (Å²) in [7, 11) is 0. The Kier molecular flexibility index (Phi) is 9.48. The lowest BCUT2D eigenvalue weighted by molar-refractivity contribution is -0.124. The fourth-order valence-corrected chi connectivity index (χ4v) is 3.21. The first-order valence-electron chi connectivity index (χ1n) is 9.70. The SMILES string of the molecule is CC[C@H](C)C(=O)NCCC[C@H](Cc1ccccc1)NC(=O)OCc1cncs1. The molecule has 0 aliphatic heterocycles. The maximum absolute atomic E-state index is 12.2. The summed E-state index contributed by atoms with van der Waals surface area (Å²) in [6, 6.07) is 9.97. The molecule has 2 aromatic rings. The van der Waals surface area contributed by atoms with Crippen LogP contribution in [0.2, 0.25) is 0 Å². The van der Waals surface area contributed by atoms with E-state index in [4.69, 9.17) is 4.74 Å². The van der Waals surface area contributed by atoms with Gasteiger partial charge in [0.2, 0.25) is 5.91 Å². The number of nitrogens with one attached hydrogen (secondary N) is 2. The van der Waals surface area contributed by atoms with Crippen molar-refractivity contribution in [3.63, 3.8) is 0 Å². The van der Waals surface area contributed by atoms with E-state index in [1.165, 1.54) is 11.3 Å². The minimum Gasteiger partial charge on any atom is -0.444 e. The van der Waals surface area contributed by atoms with Gasteiger partial charge in [0.1, 0.15) is 6.61 Å². The molecule has 0 saturated heterocycles. The van der Waals surface area contributed by atoms with Crippen molar-refractivity contribution in [1.29, 1.82) is 0 Å². The third-order valence-electron chi connectivity index (χ3n) is 4.56. The van der Waals surface area contributed by atoms with Crippen LogP contribution in [0.1, 0.15) is 43.6 Å². The maximum atomic E-state index is 12.2. The zero-order valence-corrected chi connectivity index (χ0v) is 17.3. The number of thiazole rings is 1. The fraction of sp³-hybridized carbons (Fsp3) is 0.476. The van der Waals surface area contributed by atoms with Gasteiger partial charge >= 0.3 is 6.09 Å². The molecule has 0 bridgehead atoms. The monoisotopic (exact) mass is 403 g/mol. The predicted octanol–water partition coefficient (Wildman–Crippen LogP) is 3.92. The second-order valence-corrected chi connectivity index (χ2v) is 7.79. The van der Waals surface area contributed by atoms with Gasteiger partial charge in [-0.25, -0.2) is 4.79 Å². The second kappa shape index (κ2) is 12.1. The minimum atomic E-state index is -0.432.